The quantitative estimate of drug-likeness (QED) is 0.173. The monoisotopic (exact) mass is 514 g/mol. The van der Waals surface area contributed by atoms with E-state index < -0.39 is 15.1 Å². The maximum Gasteiger partial charge on any atom is 0.208 e. The van der Waals surface area contributed by atoms with Crippen molar-refractivity contribution in [1.82, 2.24) is 9.78 Å². The molecule has 0 aliphatic carbocycles. The number of aryl methyl sites for hydroxylation is 2. The SMILES string of the molecule is C=CC(c1cccc2ccccc12)S(=O)(=O)c1nn(CCc2cccc(Cl)c2)c2ccc(C=O)cc12. The zero-order chi connectivity index (χ0) is 25.3. The number of halogens is 1. The fourth-order valence-electron chi connectivity index (χ4n) is 4.59. The summed E-state index contributed by atoms with van der Waals surface area (Å²) in [6.07, 6.45) is 2.76. The molecule has 0 bridgehead atoms. The molecule has 5 rings (SSSR count). The van der Waals surface area contributed by atoms with Gasteiger partial charge in [0.1, 0.15) is 11.5 Å². The second-order valence-electron chi connectivity index (χ2n) is 8.57. The van der Waals surface area contributed by atoms with Gasteiger partial charge >= 0.3 is 0 Å². The molecule has 0 radical (unpaired) electrons. The van der Waals surface area contributed by atoms with E-state index in [2.05, 4.69) is 11.7 Å². The Bertz CT molecular complexity index is 1720. The van der Waals surface area contributed by atoms with Gasteiger partial charge in [-0.2, -0.15) is 5.10 Å². The van der Waals surface area contributed by atoms with Crippen LogP contribution in [0.1, 0.15) is 26.7 Å². The number of sulfone groups is 1. The van der Waals surface area contributed by atoms with Crippen LogP contribution in [0.4, 0.5) is 0 Å². The number of benzene rings is 4. The van der Waals surface area contributed by atoms with Gasteiger partial charge in [-0.15, -0.1) is 6.58 Å². The molecule has 36 heavy (non-hydrogen) atoms. The van der Waals surface area contributed by atoms with Gasteiger partial charge in [0.2, 0.25) is 9.84 Å². The van der Waals surface area contributed by atoms with Gasteiger partial charge in [-0.1, -0.05) is 72.3 Å². The second kappa shape index (κ2) is 9.72. The van der Waals surface area contributed by atoms with Crippen molar-refractivity contribution in [2.75, 3.05) is 0 Å². The van der Waals surface area contributed by atoms with E-state index in [0.717, 1.165) is 16.3 Å². The van der Waals surface area contributed by atoms with Crippen molar-refractivity contribution in [3.8, 4) is 0 Å². The largest absolute Gasteiger partial charge is 0.298 e. The maximum absolute atomic E-state index is 14.1. The maximum atomic E-state index is 14.1. The summed E-state index contributed by atoms with van der Waals surface area (Å²) in [7, 11) is -4.00. The van der Waals surface area contributed by atoms with Crippen LogP contribution >= 0.6 is 11.6 Å². The van der Waals surface area contributed by atoms with Crippen LogP contribution in [0.2, 0.25) is 5.02 Å². The fourth-order valence-corrected chi connectivity index (χ4v) is 6.52. The van der Waals surface area contributed by atoms with Crippen LogP contribution in [0.25, 0.3) is 21.7 Å². The average Bonchev–Trinajstić information content (AvgIpc) is 3.26. The predicted molar refractivity (Wildman–Crippen MR) is 144 cm³/mol. The molecule has 0 aliphatic rings. The first-order valence-corrected chi connectivity index (χ1v) is 13.4. The Morgan fingerprint density at radius 1 is 0.944 bits per heavy atom. The van der Waals surface area contributed by atoms with Crippen LogP contribution in [0.5, 0.6) is 0 Å². The summed E-state index contributed by atoms with van der Waals surface area (Å²) in [5.41, 5.74) is 2.67. The molecule has 7 heteroatoms. The third-order valence-corrected chi connectivity index (χ3v) is 8.52. The molecule has 5 nitrogen and oxygen atoms in total. The van der Waals surface area contributed by atoms with Gasteiger partial charge in [-0.05, 0) is 58.7 Å². The molecular formula is C29H23ClN2O3S. The number of hydrogen-bond acceptors (Lipinski definition) is 4. The van der Waals surface area contributed by atoms with Crippen LogP contribution in [-0.2, 0) is 22.8 Å². The van der Waals surface area contributed by atoms with E-state index in [1.807, 2.05) is 60.7 Å². The highest BCUT2D eigenvalue weighted by atomic mass is 35.5. The lowest BCUT2D eigenvalue weighted by atomic mass is 10.0. The Labute approximate surface area is 214 Å². The summed E-state index contributed by atoms with van der Waals surface area (Å²) in [4.78, 5) is 11.5. The Hall–Kier alpha value is -3.74. The Balaban J connectivity index is 1.64. The molecule has 1 unspecified atom stereocenters. The van der Waals surface area contributed by atoms with Crippen LogP contribution in [0, 0.1) is 0 Å². The first-order valence-electron chi connectivity index (χ1n) is 11.5. The Morgan fingerprint density at radius 3 is 2.50 bits per heavy atom. The molecule has 5 aromatic rings. The van der Waals surface area contributed by atoms with Crippen LogP contribution in [0.3, 0.4) is 0 Å². The molecule has 1 aromatic heterocycles. The zero-order valence-electron chi connectivity index (χ0n) is 19.3. The number of carbonyl (C=O) groups excluding carboxylic acids is 1. The zero-order valence-corrected chi connectivity index (χ0v) is 20.9. The number of aldehydes is 1. The molecule has 1 atom stereocenters. The van der Waals surface area contributed by atoms with Gasteiger partial charge in [0, 0.05) is 22.5 Å². The first-order chi connectivity index (χ1) is 17.4. The average molecular weight is 515 g/mol. The number of hydrogen-bond donors (Lipinski definition) is 0. The summed E-state index contributed by atoms with van der Waals surface area (Å²) in [5.74, 6) is 0. The summed E-state index contributed by atoms with van der Waals surface area (Å²) in [6.45, 7) is 4.30. The van der Waals surface area contributed by atoms with Crippen LogP contribution < -0.4 is 0 Å². The van der Waals surface area contributed by atoms with Gasteiger partial charge in [-0.3, -0.25) is 9.48 Å². The molecule has 0 aliphatic heterocycles. The second-order valence-corrected chi connectivity index (χ2v) is 11.0. The van der Waals surface area contributed by atoms with Crippen LogP contribution in [-0.4, -0.2) is 24.5 Å². The lowest BCUT2D eigenvalue weighted by Crippen LogP contribution is -2.14. The highest BCUT2D eigenvalue weighted by molar-refractivity contribution is 7.92. The summed E-state index contributed by atoms with van der Waals surface area (Å²) >= 11 is 6.13. The molecule has 4 aromatic carbocycles. The number of fused-ring (bicyclic) bond motifs is 2. The molecule has 0 N–H and O–H groups in total. The van der Waals surface area contributed by atoms with Crippen molar-refractivity contribution in [1.29, 1.82) is 0 Å². The van der Waals surface area contributed by atoms with Crippen molar-refractivity contribution in [2.45, 2.75) is 23.2 Å². The standard InChI is InChI=1S/C29H23ClN2O3S/c1-2-28(25-12-6-9-22-8-3-4-11-24(22)25)36(34,35)29-26-18-21(19-33)13-14-27(26)32(31-29)16-15-20-7-5-10-23(30)17-20/h2-14,17-19,28H,1,15-16H2. The molecule has 0 saturated heterocycles. The minimum atomic E-state index is -4.00. The molecule has 0 fully saturated rings. The molecule has 0 saturated carbocycles. The highest BCUT2D eigenvalue weighted by Gasteiger charge is 2.32. The van der Waals surface area contributed by atoms with Crippen molar-refractivity contribution in [2.24, 2.45) is 0 Å². The minimum Gasteiger partial charge on any atom is -0.298 e. The van der Waals surface area contributed by atoms with Crippen molar-refractivity contribution < 1.29 is 13.2 Å². The lowest BCUT2D eigenvalue weighted by Gasteiger charge is -2.15. The molecule has 0 spiro atoms. The Morgan fingerprint density at radius 2 is 1.72 bits per heavy atom. The van der Waals surface area contributed by atoms with Gasteiger partial charge in [-0.25, -0.2) is 8.42 Å². The number of carbonyl (C=O) groups is 1. The van der Waals surface area contributed by atoms with Gasteiger partial charge < -0.3 is 0 Å². The first kappa shape index (κ1) is 24.0. The van der Waals surface area contributed by atoms with E-state index in [1.54, 1.807) is 28.9 Å². The van der Waals surface area contributed by atoms with Crippen molar-refractivity contribution in [3.63, 3.8) is 0 Å². The third kappa shape index (κ3) is 4.34. The normalized spacial score (nSPS) is 12.6. The van der Waals surface area contributed by atoms with E-state index >= 15 is 0 Å². The smallest absolute Gasteiger partial charge is 0.208 e. The van der Waals surface area contributed by atoms with Gasteiger partial charge in [0.05, 0.1) is 5.52 Å². The topological polar surface area (TPSA) is 69.0 Å². The number of aromatic nitrogens is 2. The number of nitrogens with zero attached hydrogens (tertiary/aromatic N) is 2. The minimum absolute atomic E-state index is 0.0647. The van der Waals surface area contributed by atoms with Crippen molar-refractivity contribution >= 4 is 49.4 Å². The van der Waals surface area contributed by atoms with E-state index in [1.165, 1.54) is 6.08 Å². The molecule has 180 valence electrons. The summed E-state index contributed by atoms with van der Waals surface area (Å²) < 4.78 is 29.9. The van der Waals surface area contributed by atoms with Gasteiger partial charge in [0.15, 0.2) is 5.03 Å². The van der Waals surface area contributed by atoms with E-state index in [0.29, 0.717) is 46.3 Å². The summed E-state index contributed by atoms with van der Waals surface area (Å²) in [5, 5.41) is 6.34. The summed E-state index contributed by atoms with van der Waals surface area (Å²) in [6, 6.07) is 25.8. The van der Waals surface area contributed by atoms with Gasteiger partial charge in [0.25, 0.3) is 0 Å². The molecule has 1 heterocycles. The highest BCUT2D eigenvalue weighted by Crippen LogP contribution is 2.37. The Kier molecular flexibility index (Phi) is 6.48. The fraction of sp³-hybridized carbons (Fsp3) is 0.103. The molecule has 0 amide bonds. The van der Waals surface area contributed by atoms with Crippen LogP contribution in [0.15, 0.2) is 103 Å². The number of rotatable bonds is 8. The van der Waals surface area contributed by atoms with E-state index in [4.69, 9.17) is 11.6 Å². The van der Waals surface area contributed by atoms with Crippen molar-refractivity contribution in [3.05, 3.63) is 119 Å². The molecular weight excluding hydrogens is 492 g/mol. The van der Waals surface area contributed by atoms with E-state index in [-0.39, 0.29) is 5.03 Å². The lowest BCUT2D eigenvalue weighted by molar-refractivity contribution is 0.112. The predicted octanol–water partition coefficient (Wildman–Crippen LogP) is 6.60. The van der Waals surface area contributed by atoms with E-state index in [9.17, 15) is 13.2 Å². The third-order valence-electron chi connectivity index (χ3n) is 6.33.